The van der Waals surface area contributed by atoms with Crippen molar-refractivity contribution in [2.45, 2.75) is 51.7 Å². The Labute approximate surface area is 110 Å². The smallest absolute Gasteiger partial charge is 0.328 e. The molecule has 0 aromatic rings. The van der Waals surface area contributed by atoms with E-state index in [9.17, 15) is 4.79 Å². The number of esters is 1. The van der Waals surface area contributed by atoms with Crippen LogP contribution < -0.4 is 5.32 Å². The minimum Gasteiger partial charge on any atom is -0.468 e. The summed E-state index contributed by atoms with van der Waals surface area (Å²) in [6, 6.07) is 0. The maximum Gasteiger partial charge on any atom is 0.328 e. The maximum atomic E-state index is 12.0. The molecule has 1 aliphatic carbocycles. The van der Waals surface area contributed by atoms with Crippen LogP contribution in [0.15, 0.2) is 0 Å². The third kappa shape index (κ3) is 3.69. The van der Waals surface area contributed by atoms with Crippen molar-refractivity contribution in [1.82, 2.24) is 5.32 Å². The molecule has 2 atom stereocenters. The summed E-state index contributed by atoms with van der Waals surface area (Å²) in [5, 5.41) is 3.14. The molecule has 0 heterocycles. The van der Waals surface area contributed by atoms with Gasteiger partial charge in [-0.3, -0.25) is 0 Å². The zero-order valence-corrected chi connectivity index (χ0v) is 12.3. The Hall–Kier alpha value is -0.610. The average Bonchev–Trinajstić information content (AvgIpc) is 3.13. The van der Waals surface area contributed by atoms with Crippen molar-refractivity contribution in [3.05, 3.63) is 0 Å². The van der Waals surface area contributed by atoms with Crippen LogP contribution in [0.4, 0.5) is 0 Å². The van der Waals surface area contributed by atoms with Gasteiger partial charge in [-0.05, 0) is 45.1 Å². The number of likely N-dealkylation sites (N-methyl/N-ethyl adjacent to an activating group) is 1. The first-order valence-corrected chi connectivity index (χ1v) is 6.85. The standard InChI is InChI=1S/C14H27NO3/c1-10(2)8-11(3)18-9-14(15-4,12-6-7-12)13(16)17-5/h10-12,15H,6-9H2,1-5H3. The Morgan fingerprint density at radius 3 is 2.39 bits per heavy atom. The molecule has 1 rings (SSSR count). The van der Waals surface area contributed by atoms with Crippen molar-refractivity contribution in [3.63, 3.8) is 0 Å². The van der Waals surface area contributed by atoms with Crippen LogP contribution in [0.2, 0.25) is 0 Å². The lowest BCUT2D eigenvalue weighted by atomic mass is 9.94. The van der Waals surface area contributed by atoms with Gasteiger partial charge in [0.05, 0.1) is 19.8 Å². The van der Waals surface area contributed by atoms with E-state index in [0.29, 0.717) is 18.4 Å². The average molecular weight is 257 g/mol. The second-order valence-electron chi connectivity index (χ2n) is 5.74. The molecule has 106 valence electrons. The number of hydrogen-bond donors (Lipinski definition) is 1. The molecule has 4 heteroatoms. The number of methoxy groups -OCH3 is 1. The lowest BCUT2D eigenvalue weighted by Crippen LogP contribution is -2.57. The van der Waals surface area contributed by atoms with E-state index < -0.39 is 5.54 Å². The molecule has 2 unspecified atom stereocenters. The first-order chi connectivity index (χ1) is 8.46. The Kier molecular flexibility index (Phi) is 5.60. The molecule has 1 saturated carbocycles. The molecule has 0 aliphatic heterocycles. The number of nitrogens with one attached hydrogen (secondary N) is 1. The third-order valence-electron chi connectivity index (χ3n) is 3.67. The second kappa shape index (κ2) is 6.53. The van der Waals surface area contributed by atoms with Gasteiger partial charge in [0.2, 0.25) is 0 Å². The van der Waals surface area contributed by atoms with Gasteiger partial charge in [-0.15, -0.1) is 0 Å². The van der Waals surface area contributed by atoms with Crippen molar-refractivity contribution in [3.8, 4) is 0 Å². The van der Waals surface area contributed by atoms with Crippen molar-refractivity contribution < 1.29 is 14.3 Å². The molecule has 4 nitrogen and oxygen atoms in total. The zero-order chi connectivity index (χ0) is 13.8. The highest BCUT2D eigenvalue weighted by atomic mass is 16.5. The molecular formula is C14H27NO3. The third-order valence-corrected chi connectivity index (χ3v) is 3.67. The number of rotatable bonds is 8. The maximum absolute atomic E-state index is 12.0. The summed E-state index contributed by atoms with van der Waals surface area (Å²) in [5.74, 6) is 0.744. The molecule has 0 radical (unpaired) electrons. The predicted molar refractivity (Wildman–Crippen MR) is 71.4 cm³/mol. The molecule has 1 N–H and O–H groups in total. The van der Waals surface area contributed by atoms with E-state index in [2.05, 4.69) is 26.1 Å². The largest absolute Gasteiger partial charge is 0.468 e. The van der Waals surface area contributed by atoms with E-state index in [1.807, 2.05) is 7.05 Å². The lowest BCUT2D eigenvalue weighted by molar-refractivity contribution is -0.153. The minimum absolute atomic E-state index is 0.168. The Balaban J connectivity index is 2.59. The van der Waals surface area contributed by atoms with Crippen LogP contribution in [0.5, 0.6) is 0 Å². The molecule has 0 aromatic carbocycles. The number of carbonyl (C=O) groups is 1. The van der Waals surface area contributed by atoms with Gasteiger partial charge in [-0.25, -0.2) is 4.79 Å². The van der Waals surface area contributed by atoms with E-state index in [-0.39, 0.29) is 12.1 Å². The van der Waals surface area contributed by atoms with Gasteiger partial charge in [0.25, 0.3) is 0 Å². The molecule has 0 spiro atoms. The van der Waals surface area contributed by atoms with Gasteiger partial charge in [0, 0.05) is 0 Å². The molecular weight excluding hydrogens is 230 g/mol. The Morgan fingerprint density at radius 1 is 1.39 bits per heavy atom. The molecule has 1 aliphatic rings. The van der Waals surface area contributed by atoms with Crippen molar-refractivity contribution in [2.75, 3.05) is 20.8 Å². The van der Waals surface area contributed by atoms with Gasteiger partial charge < -0.3 is 14.8 Å². The summed E-state index contributed by atoms with van der Waals surface area (Å²) >= 11 is 0. The number of carbonyl (C=O) groups excluding carboxylic acids is 1. The van der Waals surface area contributed by atoms with Crippen molar-refractivity contribution in [1.29, 1.82) is 0 Å². The van der Waals surface area contributed by atoms with Crippen LogP contribution in [0.3, 0.4) is 0 Å². The minimum atomic E-state index is -0.653. The van der Waals surface area contributed by atoms with Crippen LogP contribution in [0.1, 0.15) is 40.0 Å². The van der Waals surface area contributed by atoms with Crippen molar-refractivity contribution in [2.24, 2.45) is 11.8 Å². The monoisotopic (exact) mass is 257 g/mol. The first-order valence-electron chi connectivity index (χ1n) is 6.85. The number of ether oxygens (including phenoxy) is 2. The highest BCUT2D eigenvalue weighted by Crippen LogP contribution is 2.40. The predicted octanol–water partition coefficient (Wildman–Crippen LogP) is 1.98. The quantitative estimate of drug-likeness (QED) is 0.675. The lowest BCUT2D eigenvalue weighted by Gasteiger charge is -2.32. The fraction of sp³-hybridized carbons (Fsp3) is 0.929. The topological polar surface area (TPSA) is 47.6 Å². The molecule has 1 fully saturated rings. The van der Waals surface area contributed by atoms with Crippen LogP contribution in [-0.2, 0) is 14.3 Å². The first kappa shape index (κ1) is 15.4. The highest BCUT2D eigenvalue weighted by Gasteiger charge is 2.51. The van der Waals surface area contributed by atoms with Gasteiger partial charge in [0.1, 0.15) is 5.54 Å². The van der Waals surface area contributed by atoms with Crippen LogP contribution in [0, 0.1) is 11.8 Å². The Morgan fingerprint density at radius 2 is 2.00 bits per heavy atom. The van der Waals surface area contributed by atoms with Gasteiger partial charge >= 0.3 is 5.97 Å². The molecule has 0 saturated heterocycles. The Bertz CT molecular complexity index is 276. The fourth-order valence-electron chi connectivity index (χ4n) is 2.49. The van der Waals surface area contributed by atoms with Crippen molar-refractivity contribution >= 4 is 5.97 Å². The highest BCUT2D eigenvalue weighted by molar-refractivity contribution is 5.82. The number of hydrogen-bond acceptors (Lipinski definition) is 4. The summed E-state index contributed by atoms with van der Waals surface area (Å²) in [7, 11) is 3.25. The molecule has 0 amide bonds. The second-order valence-corrected chi connectivity index (χ2v) is 5.74. The van der Waals surface area contributed by atoms with Crippen LogP contribution in [-0.4, -0.2) is 38.4 Å². The van der Waals surface area contributed by atoms with E-state index >= 15 is 0 Å². The summed E-state index contributed by atoms with van der Waals surface area (Å²) in [5.41, 5.74) is -0.653. The van der Waals surface area contributed by atoms with Gasteiger partial charge in [-0.2, -0.15) is 0 Å². The summed E-state index contributed by atoms with van der Waals surface area (Å²) in [6.45, 7) is 6.80. The summed E-state index contributed by atoms with van der Waals surface area (Å²) in [6.07, 6.45) is 3.31. The van der Waals surface area contributed by atoms with E-state index in [4.69, 9.17) is 9.47 Å². The van der Waals surface area contributed by atoms with Crippen LogP contribution >= 0.6 is 0 Å². The fourth-order valence-corrected chi connectivity index (χ4v) is 2.49. The molecule has 0 bridgehead atoms. The summed E-state index contributed by atoms with van der Waals surface area (Å²) < 4.78 is 10.8. The van der Waals surface area contributed by atoms with E-state index in [1.54, 1.807) is 0 Å². The van der Waals surface area contributed by atoms with Gasteiger partial charge in [0.15, 0.2) is 0 Å². The molecule has 18 heavy (non-hydrogen) atoms. The SMILES string of the molecule is CNC(COC(C)CC(C)C)(C(=O)OC)C1CC1. The zero-order valence-electron chi connectivity index (χ0n) is 12.3. The normalized spacial score (nSPS) is 20.6. The van der Waals surface area contributed by atoms with Crippen LogP contribution in [0.25, 0.3) is 0 Å². The van der Waals surface area contributed by atoms with E-state index in [0.717, 1.165) is 19.3 Å². The van der Waals surface area contributed by atoms with E-state index in [1.165, 1.54) is 7.11 Å². The van der Waals surface area contributed by atoms with Gasteiger partial charge in [-0.1, -0.05) is 13.8 Å². The summed E-state index contributed by atoms with van der Waals surface area (Å²) in [4.78, 5) is 12.0. The molecule has 0 aromatic heterocycles.